The quantitative estimate of drug-likeness (QED) is 0.616. The van der Waals surface area contributed by atoms with Crippen LogP contribution in [0.3, 0.4) is 0 Å². The summed E-state index contributed by atoms with van der Waals surface area (Å²) in [6.07, 6.45) is 4.79. The molecular formula is C24H28N4O2S. The van der Waals surface area contributed by atoms with Gasteiger partial charge in [-0.25, -0.2) is 0 Å². The second-order valence-corrected chi connectivity index (χ2v) is 8.54. The molecule has 4 rings (SSSR count). The van der Waals surface area contributed by atoms with E-state index < -0.39 is 0 Å². The first-order valence-corrected chi connectivity index (χ1v) is 11.4. The van der Waals surface area contributed by atoms with Crippen molar-refractivity contribution in [3.63, 3.8) is 0 Å². The van der Waals surface area contributed by atoms with Gasteiger partial charge < -0.3 is 15.6 Å². The van der Waals surface area contributed by atoms with Gasteiger partial charge in [0.2, 0.25) is 0 Å². The van der Waals surface area contributed by atoms with Crippen molar-refractivity contribution in [1.29, 1.82) is 5.26 Å². The SMILES string of the molecule is CC(C)Oc1ccc(-c2nnc(-c3cccc4c3CCCC4)s2)cc1C#N.NCCO. The van der Waals surface area contributed by atoms with Crippen molar-refractivity contribution in [3.05, 3.63) is 53.1 Å². The van der Waals surface area contributed by atoms with E-state index >= 15 is 0 Å². The van der Waals surface area contributed by atoms with E-state index in [9.17, 15) is 5.26 Å². The highest BCUT2D eigenvalue weighted by Crippen LogP contribution is 2.36. The third-order valence-electron chi connectivity index (χ3n) is 4.89. The first kappa shape index (κ1) is 22.9. The van der Waals surface area contributed by atoms with Crippen LogP contribution in [0.4, 0.5) is 0 Å². The number of aliphatic hydroxyl groups excluding tert-OH is 1. The minimum absolute atomic E-state index is 0.0281. The number of nitriles is 1. The molecule has 2 aromatic carbocycles. The highest BCUT2D eigenvalue weighted by Gasteiger charge is 2.18. The molecule has 0 saturated carbocycles. The standard InChI is InChI=1S/C22H21N3OS.C2H7NO/c1-14(2)26-20-11-10-16(12-17(20)13-23)21-24-25-22(27-21)19-9-5-7-15-6-3-4-8-18(15)19;3-1-2-4/h5,7,9-12,14H,3-4,6,8H2,1-2H3;4H,1-3H2. The van der Waals surface area contributed by atoms with Gasteiger partial charge in [0.1, 0.15) is 21.8 Å². The molecule has 0 bridgehead atoms. The monoisotopic (exact) mass is 436 g/mol. The predicted octanol–water partition coefficient (Wildman–Crippen LogP) is 4.35. The molecule has 162 valence electrons. The van der Waals surface area contributed by atoms with Crippen molar-refractivity contribution in [2.45, 2.75) is 45.6 Å². The fourth-order valence-corrected chi connectivity index (χ4v) is 4.43. The fourth-order valence-electron chi connectivity index (χ4n) is 3.54. The normalized spacial score (nSPS) is 12.5. The van der Waals surface area contributed by atoms with Crippen molar-refractivity contribution < 1.29 is 9.84 Å². The van der Waals surface area contributed by atoms with Gasteiger partial charge in [0, 0.05) is 17.7 Å². The average Bonchev–Trinajstić information content (AvgIpc) is 3.29. The van der Waals surface area contributed by atoms with E-state index in [1.165, 1.54) is 29.5 Å². The summed E-state index contributed by atoms with van der Waals surface area (Å²) in [5, 5.41) is 27.8. The maximum Gasteiger partial charge on any atom is 0.148 e. The number of nitrogens with two attached hydrogens (primary N) is 1. The van der Waals surface area contributed by atoms with Crippen LogP contribution in [-0.4, -0.2) is 34.6 Å². The largest absolute Gasteiger partial charge is 0.490 e. The number of hydrogen-bond acceptors (Lipinski definition) is 7. The average molecular weight is 437 g/mol. The van der Waals surface area contributed by atoms with E-state index in [1.807, 2.05) is 32.0 Å². The molecular weight excluding hydrogens is 408 g/mol. The Morgan fingerprint density at radius 3 is 2.61 bits per heavy atom. The number of fused-ring (bicyclic) bond motifs is 1. The summed E-state index contributed by atoms with van der Waals surface area (Å²) in [4.78, 5) is 0. The summed E-state index contributed by atoms with van der Waals surface area (Å²) in [5.41, 5.74) is 10.3. The van der Waals surface area contributed by atoms with Crippen LogP contribution in [0.25, 0.3) is 21.1 Å². The number of hydrogen-bond donors (Lipinski definition) is 2. The molecule has 1 aromatic heterocycles. The minimum atomic E-state index is 0.0281. The van der Waals surface area contributed by atoms with Gasteiger partial charge in [-0.2, -0.15) is 5.26 Å². The van der Waals surface area contributed by atoms with Gasteiger partial charge in [-0.05, 0) is 68.9 Å². The molecule has 31 heavy (non-hydrogen) atoms. The van der Waals surface area contributed by atoms with Crippen LogP contribution in [0.15, 0.2) is 36.4 Å². The Bertz CT molecular complexity index is 1050. The van der Waals surface area contributed by atoms with E-state index in [2.05, 4.69) is 34.5 Å². The van der Waals surface area contributed by atoms with Gasteiger partial charge in [-0.1, -0.05) is 29.5 Å². The molecule has 1 heterocycles. The first-order valence-electron chi connectivity index (χ1n) is 10.5. The number of nitrogens with zero attached hydrogens (tertiary/aromatic N) is 3. The zero-order valence-electron chi connectivity index (χ0n) is 18.0. The molecule has 1 aliphatic rings. The highest BCUT2D eigenvalue weighted by atomic mass is 32.1. The Hall–Kier alpha value is -2.79. The van der Waals surface area contributed by atoms with E-state index in [0.29, 0.717) is 17.9 Å². The number of rotatable bonds is 5. The highest BCUT2D eigenvalue weighted by molar-refractivity contribution is 7.17. The number of ether oxygens (including phenoxy) is 1. The molecule has 1 aliphatic carbocycles. The molecule has 0 spiro atoms. The van der Waals surface area contributed by atoms with Crippen molar-refractivity contribution in [2.24, 2.45) is 5.73 Å². The third kappa shape index (κ3) is 5.67. The molecule has 3 N–H and O–H groups in total. The molecule has 0 unspecified atom stereocenters. The topological polar surface area (TPSA) is 105 Å². The Labute approximate surface area is 187 Å². The molecule has 3 aromatic rings. The zero-order valence-corrected chi connectivity index (χ0v) is 18.8. The Kier molecular flexibility index (Phi) is 8.13. The van der Waals surface area contributed by atoms with Crippen LogP contribution < -0.4 is 10.5 Å². The van der Waals surface area contributed by atoms with Gasteiger partial charge in [0.05, 0.1) is 18.3 Å². The van der Waals surface area contributed by atoms with Crippen LogP contribution in [0.5, 0.6) is 5.75 Å². The first-order chi connectivity index (χ1) is 15.1. The van der Waals surface area contributed by atoms with Gasteiger partial charge >= 0.3 is 0 Å². The summed E-state index contributed by atoms with van der Waals surface area (Å²) in [6, 6.07) is 14.3. The Morgan fingerprint density at radius 1 is 1.16 bits per heavy atom. The van der Waals surface area contributed by atoms with Crippen molar-refractivity contribution in [3.8, 4) is 33.0 Å². The van der Waals surface area contributed by atoms with Crippen LogP contribution in [0.1, 0.15) is 43.4 Å². The lowest BCUT2D eigenvalue weighted by atomic mass is 9.88. The number of aliphatic hydroxyl groups is 1. The molecule has 0 aliphatic heterocycles. The summed E-state index contributed by atoms with van der Waals surface area (Å²) in [6.45, 7) is 4.37. The molecule has 7 heteroatoms. The Balaban J connectivity index is 0.000000628. The van der Waals surface area contributed by atoms with E-state index in [0.717, 1.165) is 28.4 Å². The van der Waals surface area contributed by atoms with Gasteiger partial charge in [-0.3, -0.25) is 0 Å². The second-order valence-electron chi connectivity index (χ2n) is 7.56. The fraction of sp³-hybridized carbons (Fsp3) is 0.375. The molecule has 0 fully saturated rings. The van der Waals surface area contributed by atoms with E-state index in [-0.39, 0.29) is 12.7 Å². The third-order valence-corrected chi connectivity index (χ3v) is 5.90. The smallest absolute Gasteiger partial charge is 0.148 e. The maximum absolute atomic E-state index is 9.46. The summed E-state index contributed by atoms with van der Waals surface area (Å²) < 4.78 is 5.71. The molecule has 0 radical (unpaired) electrons. The summed E-state index contributed by atoms with van der Waals surface area (Å²) >= 11 is 1.58. The van der Waals surface area contributed by atoms with Gasteiger partial charge in [-0.15, -0.1) is 10.2 Å². The lowest BCUT2D eigenvalue weighted by Gasteiger charge is -2.17. The lowest BCUT2D eigenvalue weighted by Crippen LogP contribution is -2.06. The van der Waals surface area contributed by atoms with Crippen LogP contribution in [-0.2, 0) is 12.8 Å². The van der Waals surface area contributed by atoms with Crippen molar-refractivity contribution in [2.75, 3.05) is 13.2 Å². The van der Waals surface area contributed by atoms with Gasteiger partial charge in [0.25, 0.3) is 0 Å². The van der Waals surface area contributed by atoms with Crippen LogP contribution in [0.2, 0.25) is 0 Å². The van der Waals surface area contributed by atoms with Crippen molar-refractivity contribution in [1.82, 2.24) is 10.2 Å². The van der Waals surface area contributed by atoms with Crippen LogP contribution in [0, 0.1) is 11.3 Å². The van der Waals surface area contributed by atoms with Gasteiger partial charge in [0.15, 0.2) is 0 Å². The predicted molar refractivity (Wildman–Crippen MR) is 124 cm³/mol. The summed E-state index contributed by atoms with van der Waals surface area (Å²) in [5.74, 6) is 0.609. The number of aryl methyl sites for hydroxylation is 1. The minimum Gasteiger partial charge on any atom is -0.490 e. The van der Waals surface area contributed by atoms with E-state index in [1.54, 1.807) is 11.3 Å². The molecule has 0 atom stereocenters. The molecule has 6 nitrogen and oxygen atoms in total. The number of aromatic nitrogens is 2. The lowest BCUT2D eigenvalue weighted by molar-refractivity contribution is 0.242. The van der Waals surface area contributed by atoms with E-state index in [4.69, 9.17) is 15.6 Å². The second kappa shape index (κ2) is 11.0. The molecule has 0 saturated heterocycles. The Morgan fingerprint density at radius 2 is 1.90 bits per heavy atom. The van der Waals surface area contributed by atoms with Crippen LogP contribution >= 0.6 is 11.3 Å². The van der Waals surface area contributed by atoms with Crippen molar-refractivity contribution >= 4 is 11.3 Å². The molecule has 0 amide bonds. The zero-order chi connectivity index (χ0) is 22.2. The maximum atomic E-state index is 9.46. The number of benzene rings is 2. The summed E-state index contributed by atoms with van der Waals surface area (Å²) in [7, 11) is 0.